The zero-order chi connectivity index (χ0) is 27.7. The summed E-state index contributed by atoms with van der Waals surface area (Å²) < 4.78 is 10.8. The van der Waals surface area contributed by atoms with Gasteiger partial charge >= 0.3 is 7.12 Å². The Bertz CT molecular complexity index is 1490. The van der Waals surface area contributed by atoms with Gasteiger partial charge in [0.2, 0.25) is 5.91 Å². The molecule has 3 aromatic rings. The van der Waals surface area contributed by atoms with Gasteiger partial charge in [-0.1, -0.05) is 41.9 Å². The normalized spacial score (nSPS) is 16.3. The lowest BCUT2D eigenvalue weighted by molar-refractivity contribution is -0.121. The Morgan fingerprint density at radius 3 is 2.74 bits per heavy atom. The van der Waals surface area contributed by atoms with E-state index in [2.05, 4.69) is 5.32 Å². The number of rotatable bonds is 6. The van der Waals surface area contributed by atoms with E-state index in [0.29, 0.717) is 33.2 Å². The van der Waals surface area contributed by atoms with Crippen molar-refractivity contribution < 1.29 is 19.2 Å². The molecule has 0 saturated carbocycles. The van der Waals surface area contributed by atoms with Crippen LogP contribution in [0.25, 0.3) is 0 Å². The topological polar surface area (TPSA) is 131 Å². The zero-order valence-corrected chi connectivity index (χ0v) is 22.2. The van der Waals surface area contributed by atoms with Crippen molar-refractivity contribution >= 4 is 53.2 Å². The van der Waals surface area contributed by atoms with E-state index in [0.717, 1.165) is 16.7 Å². The number of carbonyl (C=O) groups is 1. The van der Waals surface area contributed by atoms with E-state index < -0.39 is 13.2 Å². The number of benzodiazepines with no additional fused rings is 1. The Morgan fingerprint density at radius 2 is 2.03 bits per heavy atom. The first-order chi connectivity index (χ1) is 18.8. The molecule has 2 heterocycles. The summed E-state index contributed by atoms with van der Waals surface area (Å²) in [6.07, 6.45) is -0.0982. The minimum Gasteiger partial charge on any atom is -0.497 e. The standard InChI is InChI=1S/C28H27BClN5O4/c1-16(31)35-25-11-10-20(38-2)12-21(25)27(17-6-8-19(30)9-7-17)34-24(28(35)32)13-26(36)33-14-18-4-3-5-23-22(18)15-39-29(23)37/h3-12,24,31-32,37H,13-15H2,1-2H3,(H,33,36)/t24-/m0/s1. The van der Waals surface area contributed by atoms with Gasteiger partial charge in [0.05, 0.1) is 31.5 Å². The van der Waals surface area contributed by atoms with Crippen molar-refractivity contribution in [1.82, 2.24) is 5.32 Å². The predicted molar refractivity (Wildman–Crippen MR) is 153 cm³/mol. The van der Waals surface area contributed by atoms with Gasteiger partial charge in [0.15, 0.2) is 0 Å². The molecule has 2 aliphatic rings. The summed E-state index contributed by atoms with van der Waals surface area (Å²) in [5.74, 6) is 0.449. The third-order valence-electron chi connectivity index (χ3n) is 6.81. The molecule has 9 nitrogen and oxygen atoms in total. The summed E-state index contributed by atoms with van der Waals surface area (Å²) in [5.41, 5.74) is 5.03. The number of halogens is 1. The quantitative estimate of drug-likeness (QED) is 0.215. The second-order valence-corrected chi connectivity index (χ2v) is 9.76. The van der Waals surface area contributed by atoms with E-state index in [9.17, 15) is 9.82 Å². The fourth-order valence-corrected chi connectivity index (χ4v) is 4.98. The summed E-state index contributed by atoms with van der Waals surface area (Å²) in [7, 11) is 0.611. The zero-order valence-electron chi connectivity index (χ0n) is 21.5. The highest BCUT2D eigenvalue weighted by molar-refractivity contribution is 6.61. The van der Waals surface area contributed by atoms with Crippen LogP contribution in [0.3, 0.4) is 0 Å². The predicted octanol–water partition coefficient (Wildman–Crippen LogP) is 3.27. The number of fused-ring (bicyclic) bond motifs is 2. The van der Waals surface area contributed by atoms with Crippen LogP contribution in [0.2, 0.25) is 5.02 Å². The van der Waals surface area contributed by atoms with E-state index in [4.69, 9.17) is 36.8 Å². The van der Waals surface area contributed by atoms with Gasteiger partial charge in [-0.2, -0.15) is 0 Å². The van der Waals surface area contributed by atoms with Crippen LogP contribution in [0, 0.1) is 10.8 Å². The van der Waals surface area contributed by atoms with Gasteiger partial charge in [-0.3, -0.25) is 25.5 Å². The van der Waals surface area contributed by atoms with Gasteiger partial charge in [-0.25, -0.2) is 0 Å². The molecular weight excluding hydrogens is 517 g/mol. The molecular formula is C28H27BClN5O4. The minimum absolute atomic E-state index is 0.0187. The van der Waals surface area contributed by atoms with Crippen LogP contribution >= 0.6 is 11.6 Å². The number of ether oxygens (including phenoxy) is 1. The molecule has 2 aliphatic heterocycles. The number of anilines is 1. The number of carbonyl (C=O) groups excluding carboxylic acids is 1. The van der Waals surface area contributed by atoms with Crippen LogP contribution in [-0.4, -0.2) is 48.6 Å². The van der Waals surface area contributed by atoms with Crippen molar-refractivity contribution in [3.63, 3.8) is 0 Å². The molecule has 39 heavy (non-hydrogen) atoms. The Hall–Kier alpha value is -3.99. The first kappa shape index (κ1) is 26.6. The summed E-state index contributed by atoms with van der Waals surface area (Å²) in [4.78, 5) is 19.6. The Morgan fingerprint density at radius 1 is 1.26 bits per heavy atom. The smallest absolute Gasteiger partial charge is 0.491 e. The summed E-state index contributed by atoms with van der Waals surface area (Å²) >= 11 is 6.14. The Balaban J connectivity index is 1.48. The fourth-order valence-electron chi connectivity index (χ4n) is 4.85. The van der Waals surface area contributed by atoms with E-state index in [1.807, 2.05) is 30.3 Å². The van der Waals surface area contributed by atoms with Gasteiger partial charge in [0, 0.05) is 22.7 Å². The fraction of sp³-hybridized carbons (Fsp3) is 0.214. The number of benzene rings is 3. The number of nitrogens with one attached hydrogen (secondary N) is 3. The number of hydrogen-bond donors (Lipinski definition) is 4. The first-order valence-electron chi connectivity index (χ1n) is 12.4. The number of methoxy groups -OCH3 is 1. The summed E-state index contributed by atoms with van der Waals surface area (Å²) in [5, 5.41) is 30.9. The molecule has 0 saturated heterocycles. The number of hydrogen-bond acceptors (Lipinski definition) is 7. The number of nitrogens with zero attached hydrogens (tertiary/aromatic N) is 2. The molecule has 11 heteroatoms. The van der Waals surface area contributed by atoms with Crippen LogP contribution in [0.1, 0.15) is 35.6 Å². The molecule has 0 spiro atoms. The molecule has 0 aromatic heterocycles. The molecule has 0 bridgehead atoms. The van der Waals surface area contributed by atoms with Crippen molar-refractivity contribution in [3.8, 4) is 5.75 Å². The van der Waals surface area contributed by atoms with Crippen molar-refractivity contribution in [1.29, 1.82) is 10.8 Å². The molecule has 1 atom stereocenters. The van der Waals surface area contributed by atoms with Crippen molar-refractivity contribution in [2.24, 2.45) is 4.99 Å². The maximum absolute atomic E-state index is 13.2. The van der Waals surface area contributed by atoms with Gasteiger partial charge < -0.3 is 19.7 Å². The number of aliphatic imine (C=N–C) groups is 1. The molecule has 0 unspecified atom stereocenters. The maximum atomic E-state index is 13.2. The summed E-state index contributed by atoms with van der Waals surface area (Å²) in [6, 6.07) is 17.2. The third-order valence-corrected chi connectivity index (χ3v) is 7.06. The molecule has 3 aromatic carbocycles. The average Bonchev–Trinajstić information content (AvgIpc) is 3.26. The van der Waals surface area contributed by atoms with E-state index >= 15 is 0 Å². The highest BCUT2D eigenvalue weighted by Crippen LogP contribution is 2.33. The number of amidine groups is 2. The van der Waals surface area contributed by atoms with Gasteiger partial charge in [0.1, 0.15) is 23.5 Å². The lowest BCUT2D eigenvalue weighted by Gasteiger charge is -2.26. The molecule has 0 radical (unpaired) electrons. The van der Waals surface area contributed by atoms with Gasteiger partial charge in [-0.05, 0) is 53.8 Å². The monoisotopic (exact) mass is 543 g/mol. The van der Waals surface area contributed by atoms with E-state index in [1.165, 1.54) is 4.90 Å². The van der Waals surface area contributed by atoms with Crippen LogP contribution in [0.5, 0.6) is 5.75 Å². The first-order valence-corrected chi connectivity index (χ1v) is 12.8. The largest absolute Gasteiger partial charge is 0.497 e. The second-order valence-electron chi connectivity index (χ2n) is 9.32. The highest BCUT2D eigenvalue weighted by atomic mass is 35.5. The highest BCUT2D eigenvalue weighted by Gasteiger charge is 2.33. The van der Waals surface area contributed by atoms with Crippen molar-refractivity contribution in [3.05, 3.63) is 87.9 Å². The molecule has 198 valence electrons. The Kier molecular flexibility index (Phi) is 7.52. The van der Waals surface area contributed by atoms with Gasteiger partial charge in [0.25, 0.3) is 0 Å². The molecule has 4 N–H and O–H groups in total. The van der Waals surface area contributed by atoms with Crippen molar-refractivity contribution in [2.75, 3.05) is 12.0 Å². The third kappa shape index (κ3) is 5.31. The lowest BCUT2D eigenvalue weighted by atomic mass is 9.78. The van der Waals surface area contributed by atoms with Crippen LogP contribution in [0.15, 0.2) is 65.7 Å². The second kappa shape index (κ2) is 11.0. The summed E-state index contributed by atoms with van der Waals surface area (Å²) in [6.45, 7) is 2.12. The SMILES string of the molecule is COc1ccc2c(c1)C(c1ccc(Cl)cc1)=N[C@@H](CC(=O)NCc1cccc3c1COB3O)C(=N)N2C(C)=N. The molecule has 5 rings (SSSR count). The van der Waals surface area contributed by atoms with E-state index in [-0.39, 0.29) is 37.2 Å². The van der Waals surface area contributed by atoms with Crippen LogP contribution in [0.4, 0.5) is 5.69 Å². The maximum Gasteiger partial charge on any atom is 0.491 e. The molecule has 0 fully saturated rings. The van der Waals surface area contributed by atoms with Crippen molar-refractivity contribution in [2.45, 2.75) is 32.5 Å². The van der Waals surface area contributed by atoms with Crippen LogP contribution < -0.4 is 20.4 Å². The van der Waals surface area contributed by atoms with E-state index in [1.54, 1.807) is 44.4 Å². The molecule has 0 aliphatic carbocycles. The minimum atomic E-state index is -0.960. The lowest BCUT2D eigenvalue weighted by Crippen LogP contribution is -2.42. The number of amides is 1. The average molecular weight is 544 g/mol. The van der Waals surface area contributed by atoms with Gasteiger partial charge in [-0.15, -0.1) is 0 Å². The Labute approximate surface area is 231 Å². The van der Waals surface area contributed by atoms with Crippen LogP contribution in [-0.2, 0) is 22.6 Å². The molecule has 1 amide bonds.